The standard InChI is InChI=1S/2C37H23N.C35H21N3/c1-2-10-25-23(9-1)21-30-26(13-7-14-27(25)30)24-18-19-34-31(22-24)28-11-3-5-15-32(28)37(34)33-16-6-4-12-29(33)36-35(37)17-8-20-38-36;1-2-9-27-25(8-1)20-26-16-15-23(21-31(26)27)24-17-18-35-32(22-24)30-12-7-19-38-36(30)37(35)33-13-5-3-10-28(33)29-11-4-6-14-34(29)37;1-2-9-28-25(7-1)33-30(10-4-15-37-33)35(28)29-13-12-21(19-26(29)34-31(35)11-5-16-38-34)24-8-3-6-23-18-22-14-17-36-20-27(22)32(23)24/h1-20,22H,21H2;1-19,21-22H,20H2;1-17,19-20H,18H2. The SMILES string of the molecule is c1ccc2c(c1)-c1ncccc1C21c2ccc(-c3cccc4c3-c3cnccc3C4)cc2-c2ncccc21.c1ccc2c(c1)Cc1c(-c3ccc4c(c3)-c3ccccc3C43c4ccccc4-c4ncccc43)cccc1-2.c1ccc2c(c1)Cc1ccc(-c3ccc4c(c3)-c3cccnc3C43c4ccccc4-c4ccccc43)cc1-2. The predicted octanol–water partition coefficient (Wildman–Crippen LogP) is 24.8. The first kappa shape index (κ1) is 63.4. The van der Waals surface area contributed by atoms with Gasteiger partial charge in [0.15, 0.2) is 0 Å². The van der Waals surface area contributed by atoms with Gasteiger partial charge in [-0.25, -0.2) is 0 Å². The summed E-state index contributed by atoms with van der Waals surface area (Å²) < 4.78 is 0. The number of fused-ring (bicyclic) bond motifs is 39. The molecule has 9 aliphatic carbocycles. The molecule has 114 heavy (non-hydrogen) atoms. The van der Waals surface area contributed by atoms with Crippen molar-refractivity contribution >= 4 is 0 Å². The molecule has 27 rings (SSSR count). The van der Waals surface area contributed by atoms with E-state index in [1.165, 1.54) is 211 Å². The first-order chi connectivity index (χ1) is 56.5. The molecule has 0 fully saturated rings. The van der Waals surface area contributed by atoms with Gasteiger partial charge >= 0.3 is 0 Å². The van der Waals surface area contributed by atoms with E-state index in [-0.39, 0.29) is 10.8 Å². The van der Waals surface area contributed by atoms with E-state index < -0.39 is 5.41 Å². The van der Waals surface area contributed by atoms with E-state index >= 15 is 0 Å². The Hall–Kier alpha value is -14.4. The molecule has 3 spiro atoms. The molecule has 0 saturated heterocycles. The zero-order chi connectivity index (χ0) is 74.5. The van der Waals surface area contributed by atoms with Crippen molar-refractivity contribution in [1.82, 2.24) is 24.9 Å². The quantitative estimate of drug-likeness (QED) is 0.176. The molecular weight excluding hydrogens is 1380 g/mol. The Morgan fingerprint density at radius 1 is 0.193 bits per heavy atom. The highest BCUT2D eigenvalue weighted by molar-refractivity contribution is 6.01. The van der Waals surface area contributed by atoms with Crippen LogP contribution in [0.5, 0.6) is 0 Å². The minimum absolute atomic E-state index is 0.334. The molecule has 2 unspecified atom stereocenters. The van der Waals surface area contributed by atoms with Crippen LogP contribution in [0.1, 0.15) is 100 Å². The van der Waals surface area contributed by atoms with Gasteiger partial charge in [-0.05, 0) is 257 Å². The van der Waals surface area contributed by atoms with Crippen molar-refractivity contribution in [3.05, 3.63) is 471 Å². The number of nitrogens with zero attached hydrogens (tertiary/aromatic N) is 5. The largest absolute Gasteiger partial charge is 0.264 e. The number of hydrogen-bond donors (Lipinski definition) is 0. The number of aromatic nitrogens is 5. The van der Waals surface area contributed by atoms with Crippen LogP contribution in [0.2, 0.25) is 0 Å². The summed E-state index contributed by atoms with van der Waals surface area (Å²) in [7, 11) is 0. The molecule has 0 N–H and O–H groups in total. The third-order valence-corrected chi connectivity index (χ3v) is 26.7. The molecule has 13 aromatic carbocycles. The maximum absolute atomic E-state index is 5.08. The van der Waals surface area contributed by atoms with Crippen LogP contribution in [0.4, 0.5) is 0 Å². The average molecular weight is 1450 g/mol. The van der Waals surface area contributed by atoms with Crippen LogP contribution in [0.3, 0.4) is 0 Å². The van der Waals surface area contributed by atoms with Gasteiger partial charge in [-0.3, -0.25) is 24.9 Å². The second-order valence-corrected chi connectivity index (χ2v) is 31.8. The van der Waals surface area contributed by atoms with Crippen molar-refractivity contribution in [2.45, 2.75) is 35.5 Å². The minimum Gasteiger partial charge on any atom is -0.264 e. The van der Waals surface area contributed by atoms with Gasteiger partial charge < -0.3 is 0 Å². The fourth-order valence-electron chi connectivity index (χ4n) is 22.2. The highest BCUT2D eigenvalue weighted by Gasteiger charge is 2.56. The molecule has 0 aliphatic heterocycles. The van der Waals surface area contributed by atoms with Crippen LogP contribution >= 0.6 is 0 Å². The van der Waals surface area contributed by atoms with Gasteiger partial charge in [-0.15, -0.1) is 0 Å². The molecule has 0 bridgehead atoms. The Bertz CT molecular complexity index is 7110. The van der Waals surface area contributed by atoms with Crippen LogP contribution in [0.15, 0.2) is 371 Å². The Labute approximate surface area is 661 Å². The molecule has 5 heterocycles. The second-order valence-electron chi connectivity index (χ2n) is 31.8. The van der Waals surface area contributed by atoms with Crippen LogP contribution in [0.25, 0.3) is 134 Å². The smallest absolute Gasteiger partial charge is 0.0898 e. The third-order valence-electron chi connectivity index (χ3n) is 26.7. The summed E-state index contributed by atoms with van der Waals surface area (Å²) in [6.07, 6.45) is 14.6. The van der Waals surface area contributed by atoms with Crippen LogP contribution < -0.4 is 0 Å². The maximum atomic E-state index is 5.08. The molecule has 5 nitrogen and oxygen atoms in total. The Kier molecular flexibility index (Phi) is 13.2. The Balaban J connectivity index is 0.0000000964. The van der Waals surface area contributed by atoms with Crippen molar-refractivity contribution < 1.29 is 0 Å². The molecule has 0 radical (unpaired) electrons. The Morgan fingerprint density at radius 3 is 1.22 bits per heavy atom. The van der Waals surface area contributed by atoms with Gasteiger partial charge in [-0.1, -0.05) is 279 Å². The molecule has 528 valence electrons. The molecule has 18 aromatic rings. The summed E-state index contributed by atoms with van der Waals surface area (Å²) in [5.74, 6) is 0. The topological polar surface area (TPSA) is 64.5 Å². The molecule has 2 atom stereocenters. The van der Waals surface area contributed by atoms with Gasteiger partial charge in [0.05, 0.1) is 39.0 Å². The number of hydrogen-bond acceptors (Lipinski definition) is 5. The molecule has 0 saturated carbocycles. The number of rotatable bonds is 3. The number of pyridine rings is 5. The summed E-state index contributed by atoms with van der Waals surface area (Å²) in [6, 6.07) is 123. The highest BCUT2D eigenvalue weighted by atomic mass is 14.8. The van der Waals surface area contributed by atoms with E-state index in [0.717, 1.165) is 42.0 Å². The molecule has 9 aliphatic rings. The van der Waals surface area contributed by atoms with E-state index in [9.17, 15) is 0 Å². The molecule has 0 amide bonds. The summed E-state index contributed by atoms with van der Waals surface area (Å²) in [5.41, 5.74) is 53.2. The van der Waals surface area contributed by atoms with Crippen molar-refractivity contribution in [2.75, 3.05) is 0 Å². The van der Waals surface area contributed by atoms with Crippen LogP contribution in [-0.2, 0) is 35.5 Å². The fourth-order valence-corrected chi connectivity index (χ4v) is 22.2. The van der Waals surface area contributed by atoms with Crippen molar-refractivity contribution in [3.8, 4) is 134 Å². The van der Waals surface area contributed by atoms with E-state index in [2.05, 4.69) is 339 Å². The Morgan fingerprint density at radius 2 is 0.561 bits per heavy atom. The predicted molar refractivity (Wildman–Crippen MR) is 458 cm³/mol. The van der Waals surface area contributed by atoms with Gasteiger partial charge in [0.1, 0.15) is 0 Å². The number of benzene rings is 13. The molecule has 5 aromatic heterocycles. The first-order valence-electron chi connectivity index (χ1n) is 39.8. The summed E-state index contributed by atoms with van der Waals surface area (Å²) in [5, 5.41) is 0. The lowest BCUT2D eigenvalue weighted by atomic mass is 9.70. The van der Waals surface area contributed by atoms with Crippen LogP contribution in [0, 0.1) is 0 Å². The van der Waals surface area contributed by atoms with Gasteiger partial charge in [0.25, 0.3) is 0 Å². The maximum Gasteiger partial charge on any atom is 0.0898 e. The van der Waals surface area contributed by atoms with E-state index in [4.69, 9.17) is 19.9 Å². The van der Waals surface area contributed by atoms with Gasteiger partial charge in [0.2, 0.25) is 0 Å². The van der Waals surface area contributed by atoms with Crippen LogP contribution in [-0.4, -0.2) is 24.9 Å². The summed E-state index contributed by atoms with van der Waals surface area (Å²) in [4.78, 5) is 24.3. The monoisotopic (exact) mass is 1450 g/mol. The lowest BCUT2D eigenvalue weighted by molar-refractivity contribution is 0.760. The minimum atomic E-state index is -0.410. The zero-order valence-corrected chi connectivity index (χ0v) is 62.1. The normalized spacial score (nSPS) is 16.1. The van der Waals surface area contributed by atoms with Gasteiger partial charge in [-0.2, -0.15) is 0 Å². The first-order valence-corrected chi connectivity index (χ1v) is 39.8. The third kappa shape index (κ3) is 8.39. The van der Waals surface area contributed by atoms with E-state index in [1.807, 2.05) is 37.2 Å². The lowest BCUT2D eigenvalue weighted by Crippen LogP contribution is -2.26. The van der Waals surface area contributed by atoms with Gasteiger partial charge in [0, 0.05) is 65.0 Å². The lowest BCUT2D eigenvalue weighted by Gasteiger charge is -2.30. The van der Waals surface area contributed by atoms with E-state index in [0.29, 0.717) is 0 Å². The fraction of sp³-hybridized carbons (Fsp3) is 0.0550. The summed E-state index contributed by atoms with van der Waals surface area (Å²) in [6.45, 7) is 0. The zero-order valence-electron chi connectivity index (χ0n) is 62.1. The van der Waals surface area contributed by atoms with Crippen molar-refractivity contribution in [3.63, 3.8) is 0 Å². The van der Waals surface area contributed by atoms with E-state index in [1.54, 1.807) is 0 Å². The average Bonchev–Trinajstić information content (AvgIpc) is 1.52. The second kappa shape index (κ2) is 23.8. The molecular formula is C109H67N5. The van der Waals surface area contributed by atoms with Crippen molar-refractivity contribution in [2.24, 2.45) is 0 Å². The summed E-state index contributed by atoms with van der Waals surface area (Å²) >= 11 is 0. The highest BCUT2D eigenvalue weighted by Crippen LogP contribution is 2.66. The molecule has 5 heteroatoms. The van der Waals surface area contributed by atoms with Crippen molar-refractivity contribution in [1.29, 1.82) is 0 Å².